The van der Waals surface area contributed by atoms with Gasteiger partial charge in [0.1, 0.15) is 0 Å². The summed E-state index contributed by atoms with van der Waals surface area (Å²) in [5.41, 5.74) is 2.81. The number of pyridine rings is 1. The van der Waals surface area contributed by atoms with E-state index in [2.05, 4.69) is 22.4 Å². The van der Waals surface area contributed by atoms with Crippen molar-refractivity contribution in [1.29, 1.82) is 0 Å². The molecule has 1 aromatic carbocycles. The lowest BCUT2D eigenvalue weighted by molar-refractivity contribution is 0.102. The third kappa shape index (κ3) is 2.75. The lowest BCUT2D eigenvalue weighted by Crippen LogP contribution is -2.10. The van der Waals surface area contributed by atoms with Gasteiger partial charge >= 0.3 is 0 Å². The monoisotopic (exact) mass is 280 g/mol. The Labute approximate surface area is 120 Å². The number of hydrogen-bond acceptors (Lipinski definition) is 3. The minimum atomic E-state index is -0.139. The number of carbonyl (C=O) groups excluding carboxylic acids is 1. The number of nitrogens with zero attached hydrogens (tertiary/aromatic N) is 1. The van der Waals surface area contributed by atoms with Crippen molar-refractivity contribution >= 4 is 22.2 Å². The lowest BCUT2D eigenvalue weighted by Gasteiger charge is -2.01. The number of thiophene rings is 1. The SMILES string of the molecule is O=C(Nc1cc(-c2ccccc2)cs1)c1cccnc1. The molecule has 0 spiro atoms. The molecule has 4 heteroatoms. The summed E-state index contributed by atoms with van der Waals surface area (Å²) in [5, 5.41) is 5.76. The van der Waals surface area contributed by atoms with Gasteiger partial charge in [-0.2, -0.15) is 0 Å². The van der Waals surface area contributed by atoms with Crippen molar-refractivity contribution < 1.29 is 4.79 Å². The standard InChI is InChI=1S/C16H12N2OS/c19-16(13-7-4-8-17-10-13)18-15-9-14(11-20-15)12-5-2-1-3-6-12/h1-11H,(H,18,19). The number of nitrogens with one attached hydrogen (secondary N) is 1. The average Bonchev–Trinajstić information content (AvgIpc) is 2.97. The first-order valence-electron chi connectivity index (χ1n) is 6.18. The Morgan fingerprint density at radius 3 is 2.65 bits per heavy atom. The molecule has 0 unspecified atom stereocenters. The number of amides is 1. The summed E-state index contributed by atoms with van der Waals surface area (Å²) in [6, 6.07) is 15.6. The molecule has 3 rings (SSSR count). The maximum absolute atomic E-state index is 12.0. The van der Waals surface area contributed by atoms with E-state index in [9.17, 15) is 4.79 Å². The predicted octanol–water partition coefficient (Wildman–Crippen LogP) is 4.06. The Bertz CT molecular complexity index is 708. The Kier molecular flexibility index (Phi) is 3.56. The van der Waals surface area contributed by atoms with E-state index in [0.717, 1.165) is 16.1 Å². The Morgan fingerprint density at radius 2 is 1.90 bits per heavy atom. The first-order valence-corrected chi connectivity index (χ1v) is 7.06. The molecule has 0 atom stereocenters. The summed E-state index contributed by atoms with van der Waals surface area (Å²) in [6.07, 6.45) is 3.20. The number of aromatic nitrogens is 1. The first-order chi connectivity index (χ1) is 9.83. The van der Waals surface area contributed by atoms with Crippen LogP contribution >= 0.6 is 11.3 Å². The van der Waals surface area contributed by atoms with Gasteiger partial charge in [0, 0.05) is 17.8 Å². The molecule has 1 N–H and O–H groups in total. The number of rotatable bonds is 3. The third-order valence-corrected chi connectivity index (χ3v) is 3.71. The van der Waals surface area contributed by atoms with E-state index < -0.39 is 0 Å². The minimum absolute atomic E-state index is 0.139. The van der Waals surface area contributed by atoms with E-state index in [4.69, 9.17) is 0 Å². The molecule has 0 saturated carbocycles. The zero-order valence-electron chi connectivity index (χ0n) is 10.6. The Morgan fingerprint density at radius 1 is 1.05 bits per heavy atom. The number of benzene rings is 1. The number of anilines is 1. The summed E-state index contributed by atoms with van der Waals surface area (Å²) in [5.74, 6) is -0.139. The van der Waals surface area contributed by atoms with E-state index in [1.54, 1.807) is 24.5 Å². The van der Waals surface area contributed by atoms with Crippen molar-refractivity contribution in [3.05, 3.63) is 71.9 Å². The summed E-state index contributed by atoms with van der Waals surface area (Å²) < 4.78 is 0. The molecule has 0 aliphatic heterocycles. The highest BCUT2D eigenvalue weighted by molar-refractivity contribution is 7.14. The van der Waals surface area contributed by atoms with Crippen LogP contribution in [0, 0.1) is 0 Å². The maximum atomic E-state index is 12.0. The highest BCUT2D eigenvalue weighted by Gasteiger charge is 2.08. The van der Waals surface area contributed by atoms with Crippen LogP contribution in [0.25, 0.3) is 11.1 Å². The molecule has 2 aromatic heterocycles. The van der Waals surface area contributed by atoms with Crippen molar-refractivity contribution in [3.63, 3.8) is 0 Å². The van der Waals surface area contributed by atoms with Gasteiger partial charge in [-0.3, -0.25) is 9.78 Å². The summed E-state index contributed by atoms with van der Waals surface area (Å²) in [7, 11) is 0. The highest BCUT2D eigenvalue weighted by atomic mass is 32.1. The molecule has 1 amide bonds. The predicted molar refractivity (Wildman–Crippen MR) is 81.9 cm³/mol. The average molecular weight is 280 g/mol. The van der Waals surface area contributed by atoms with Crippen molar-refractivity contribution in [3.8, 4) is 11.1 Å². The minimum Gasteiger partial charge on any atom is -0.314 e. The molecule has 98 valence electrons. The molecule has 3 nitrogen and oxygen atoms in total. The van der Waals surface area contributed by atoms with Crippen LogP contribution in [0.3, 0.4) is 0 Å². The van der Waals surface area contributed by atoms with Crippen molar-refractivity contribution in [2.75, 3.05) is 5.32 Å². The number of carbonyl (C=O) groups is 1. The van der Waals surface area contributed by atoms with Crippen LogP contribution in [0.5, 0.6) is 0 Å². The second-order valence-electron chi connectivity index (χ2n) is 4.26. The van der Waals surface area contributed by atoms with E-state index in [1.807, 2.05) is 29.6 Å². The Balaban J connectivity index is 1.77. The van der Waals surface area contributed by atoms with Crippen LogP contribution < -0.4 is 5.32 Å². The lowest BCUT2D eigenvalue weighted by atomic mass is 10.1. The summed E-state index contributed by atoms with van der Waals surface area (Å²) >= 11 is 1.52. The van der Waals surface area contributed by atoms with Gasteiger partial charge in [0.15, 0.2) is 0 Å². The molecule has 0 aliphatic rings. The van der Waals surface area contributed by atoms with Crippen molar-refractivity contribution in [2.45, 2.75) is 0 Å². The van der Waals surface area contributed by atoms with E-state index >= 15 is 0 Å². The second-order valence-corrected chi connectivity index (χ2v) is 5.17. The van der Waals surface area contributed by atoms with Gasteiger partial charge in [-0.25, -0.2) is 0 Å². The van der Waals surface area contributed by atoms with Gasteiger partial charge in [0.05, 0.1) is 10.6 Å². The van der Waals surface area contributed by atoms with Gasteiger partial charge in [-0.15, -0.1) is 11.3 Å². The van der Waals surface area contributed by atoms with E-state index in [-0.39, 0.29) is 5.91 Å². The zero-order valence-corrected chi connectivity index (χ0v) is 11.4. The maximum Gasteiger partial charge on any atom is 0.257 e. The molecule has 0 fully saturated rings. The molecule has 2 heterocycles. The first kappa shape index (κ1) is 12.6. The van der Waals surface area contributed by atoms with Gasteiger partial charge in [0.25, 0.3) is 5.91 Å². The molecule has 0 bridgehead atoms. The van der Waals surface area contributed by atoms with E-state index in [1.165, 1.54) is 11.3 Å². The molecule has 20 heavy (non-hydrogen) atoms. The van der Waals surface area contributed by atoms with Crippen LogP contribution in [0.2, 0.25) is 0 Å². The van der Waals surface area contributed by atoms with Gasteiger partial charge < -0.3 is 5.32 Å². The van der Waals surface area contributed by atoms with Crippen LogP contribution in [-0.2, 0) is 0 Å². The highest BCUT2D eigenvalue weighted by Crippen LogP contribution is 2.29. The molecule has 3 aromatic rings. The zero-order chi connectivity index (χ0) is 13.8. The fourth-order valence-electron chi connectivity index (χ4n) is 1.86. The topological polar surface area (TPSA) is 42.0 Å². The second kappa shape index (κ2) is 5.67. The van der Waals surface area contributed by atoms with Gasteiger partial charge in [-0.1, -0.05) is 30.3 Å². The number of hydrogen-bond donors (Lipinski definition) is 1. The third-order valence-electron chi connectivity index (χ3n) is 2.87. The smallest absolute Gasteiger partial charge is 0.257 e. The van der Waals surface area contributed by atoms with Crippen LogP contribution in [-0.4, -0.2) is 10.9 Å². The molecule has 0 aliphatic carbocycles. The van der Waals surface area contributed by atoms with Crippen LogP contribution in [0.4, 0.5) is 5.00 Å². The van der Waals surface area contributed by atoms with Crippen LogP contribution in [0.15, 0.2) is 66.3 Å². The molecule has 0 saturated heterocycles. The van der Waals surface area contributed by atoms with Gasteiger partial charge in [0.2, 0.25) is 0 Å². The fraction of sp³-hybridized carbons (Fsp3) is 0. The fourth-order valence-corrected chi connectivity index (χ4v) is 2.67. The van der Waals surface area contributed by atoms with Crippen LogP contribution in [0.1, 0.15) is 10.4 Å². The van der Waals surface area contributed by atoms with Crippen molar-refractivity contribution in [2.24, 2.45) is 0 Å². The summed E-state index contributed by atoms with van der Waals surface area (Å²) in [6.45, 7) is 0. The molecular formula is C16H12N2OS. The van der Waals surface area contributed by atoms with Crippen molar-refractivity contribution in [1.82, 2.24) is 4.98 Å². The normalized spacial score (nSPS) is 10.2. The molecular weight excluding hydrogens is 268 g/mol. The Hall–Kier alpha value is -2.46. The molecule has 0 radical (unpaired) electrons. The quantitative estimate of drug-likeness (QED) is 0.786. The summed E-state index contributed by atoms with van der Waals surface area (Å²) in [4.78, 5) is 16.0. The largest absolute Gasteiger partial charge is 0.314 e. The van der Waals surface area contributed by atoms with E-state index in [0.29, 0.717) is 5.56 Å². The van der Waals surface area contributed by atoms with Gasteiger partial charge in [-0.05, 0) is 29.3 Å².